The van der Waals surface area contributed by atoms with Gasteiger partial charge in [0.05, 0.1) is 10.6 Å². The van der Waals surface area contributed by atoms with Crippen LogP contribution in [-0.4, -0.2) is 5.11 Å². The van der Waals surface area contributed by atoms with Crippen LogP contribution in [0.25, 0.3) is 0 Å². The van der Waals surface area contributed by atoms with E-state index < -0.39 is 6.10 Å². The lowest BCUT2D eigenvalue weighted by Gasteiger charge is -2.12. The van der Waals surface area contributed by atoms with E-state index in [-0.39, 0.29) is 0 Å². The molecule has 2 rings (SSSR count). The Balaban J connectivity index is 2.24. The van der Waals surface area contributed by atoms with Gasteiger partial charge in [0.15, 0.2) is 0 Å². The average molecular weight is 335 g/mol. The van der Waals surface area contributed by atoms with E-state index in [9.17, 15) is 5.11 Å². The zero-order chi connectivity index (χ0) is 14.7. The van der Waals surface area contributed by atoms with Crippen LogP contribution >= 0.6 is 15.9 Å². The molecule has 0 spiro atoms. The molecule has 1 N–H and O–H groups in total. The summed E-state index contributed by atoms with van der Waals surface area (Å²) in [6.07, 6.45) is -0.482. The van der Waals surface area contributed by atoms with E-state index in [1.165, 1.54) is 5.56 Å². The van der Waals surface area contributed by atoms with Gasteiger partial charge in [0.2, 0.25) is 0 Å². The SMILES string of the molecule is CC(C)c1cccc(Oc2ccc([C@@H](C)O)cc2Br)c1. The molecule has 0 aliphatic heterocycles. The van der Waals surface area contributed by atoms with Gasteiger partial charge in [0, 0.05) is 0 Å². The summed E-state index contributed by atoms with van der Waals surface area (Å²) >= 11 is 3.48. The van der Waals surface area contributed by atoms with E-state index in [1.54, 1.807) is 6.92 Å². The maximum absolute atomic E-state index is 9.56. The quantitative estimate of drug-likeness (QED) is 0.809. The van der Waals surface area contributed by atoms with Crippen LogP contribution in [0.1, 0.15) is 43.9 Å². The molecule has 2 aromatic rings. The highest BCUT2D eigenvalue weighted by atomic mass is 79.9. The molecule has 20 heavy (non-hydrogen) atoms. The second-order valence-electron chi connectivity index (χ2n) is 5.20. The van der Waals surface area contributed by atoms with Crippen molar-refractivity contribution in [3.63, 3.8) is 0 Å². The number of halogens is 1. The molecular weight excluding hydrogens is 316 g/mol. The minimum atomic E-state index is -0.482. The van der Waals surface area contributed by atoms with Crippen molar-refractivity contribution in [2.45, 2.75) is 32.8 Å². The fourth-order valence-corrected chi connectivity index (χ4v) is 2.40. The molecule has 2 nitrogen and oxygen atoms in total. The Kier molecular flexibility index (Phi) is 4.84. The molecule has 1 atom stereocenters. The minimum absolute atomic E-state index is 0.472. The molecule has 0 unspecified atom stereocenters. The first-order chi connectivity index (χ1) is 9.47. The maximum Gasteiger partial charge on any atom is 0.141 e. The first kappa shape index (κ1) is 15.1. The van der Waals surface area contributed by atoms with Crippen LogP contribution in [0, 0.1) is 0 Å². The third-order valence-electron chi connectivity index (χ3n) is 3.19. The molecule has 0 aromatic heterocycles. The second kappa shape index (κ2) is 6.42. The Bertz CT molecular complexity index is 591. The zero-order valence-corrected chi connectivity index (χ0v) is 13.5. The number of rotatable bonds is 4. The number of hydrogen-bond acceptors (Lipinski definition) is 2. The summed E-state index contributed by atoms with van der Waals surface area (Å²) < 4.78 is 6.74. The number of aliphatic hydroxyl groups excluding tert-OH is 1. The van der Waals surface area contributed by atoms with Crippen LogP contribution in [-0.2, 0) is 0 Å². The topological polar surface area (TPSA) is 29.5 Å². The Morgan fingerprint density at radius 2 is 1.75 bits per heavy atom. The molecule has 0 radical (unpaired) electrons. The van der Waals surface area contributed by atoms with Crippen molar-refractivity contribution in [2.75, 3.05) is 0 Å². The molecule has 0 saturated carbocycles. The molecule has 0 bridgehead atoms. The van der Waals surface area contributed by atoms with E-state index >= 15 is 0 Å². The van der Waals surface area contributed by atoms with Crippen LogP contribution in [0.3, 0.4) is 0 Å². The Hall–Kier alpha value is -1.32. The van der Waals surface area contributed by atoms with Gasteiger partial charge < -0.3 is 9.84 Å². The Morgan fingerprint density at radius 1 is 1.00 bits per heavy atom. The number of hydrogen-bond donors (Lipinski definition) is 1. The molecule has 0 heterocycles. The van der Waals surface area contributed by atoms with E-state index in [1.807, 2.05) is 30.3 Å². The number of benzene rings is 2. The van der Waals surface area contributed by atoms with Gasteiger partial charge in [-0.2, -0.15) is 0 Å². The van der Waals surface area contributed by atoms with Gasteiger partial charge in [-0.15, -0.1) is 0 Å². The molecule has 2 aromatic carbocycles. The molecule has 0 aliphatic carbocycles. The summed E-state index contributed by atoms with van der Waals surface area (Å²) in [5.74, 6) is 2.04. The van der Waals surface area contributed by atoms with Crippen molar-refractivity contribution in [2.24, 2.45) is 0 Å². The standard InChI is InChI=1S/C17H19BrO2/c1-11(2)13-5-4-6-15(9-13)20-17-8-7-14(12(3)19)10-16(17)18/h4-12,19H,1-3H3/t12-/m1/s1. The van der Waals surface area contributed by atoms with Crippen LogP contribution in [0.5, 0.6) is 11.5 Å². The highest BCUT2D eigenvalue weighted by Gasteiger charge is 2.08. The molecule has 3 heteroatoms. The summed E-state index contributed by atoms with van der Waals surface area (Å²) in [6, 6.07) is 13.7. The Labute approximate surface area is 128 Å². The number of ether oxygens (including phenoxy) is 1. The van der Waals surface area contributed by atoms with Gasteiger partial charge in [-0.25, -0.2) is 0 Å². The summed E-state index contributed by atoms with van der Waals surface area (Å²) in [5, 5.41) is 9.56. The summed E-state index contributed by atoms with van der Waals surface area (Å²) in [7, 11) is 0. The third-order valence-corrected chi connectivity index (χ3v) is 3.81. The molecule has 0 aliphatic rings. The van der Waals surface area contributed by atoms with Crippen molar-refractivity contribution >= 4 is 15.9 Å². The predicted octanol–water partition coefficient (Wildman–Crippen LogP) is 5.42. The highest BCUT2D eigenvalue weighted by Crippen LogP contribution is 2.32. The number of aliphatic hydroxyl groups is 1. The summed E-state index contributed by atoms with van der Waals surface area (Å²) in [4.78, 5) is 0. The van der Waals surface area contributed by atoms with Crippen molar-refractivity contribution in [3.8, 4) is 11.5 Å². The molecular formula is C17H19BrO2. The first-order valence-electron chi connectivity index (χ1n) is 6.72. The van der Waals surface area contributed by atoms with E-state index in [0.717, 1.165) is 21.5 Å². The fraction of sp³-hybridized carbons (Fsp3) is 0.294. The van der Waals surface area contributed by atoms with Gasteiger partial charge in [-0.05, 0) is 64.2 Å². The normalized spacial score (nSPS) is 12.5. The van der Waals surface area contributed by atoms with Gasteiger partial charge in [0.25, 0.3) is 0 Å². The fourth-order valence-electron chi connectivity index (χ4n) is 1.92. The van der Waals surface area contributed by atoms with Crippen molar-refractivity contribution in [3.05, 3.63) is 58.1 Å². The summed E-state index contributed by atoms with van der Waals surface area (Å²) in [5.41, 5.74) is 2.11. The lowest BCUT2D eigenvalue weighted by molar-refractivity contribution is 0.199. The van der Waals surface area contributed by atoms with E-state index in [0.29, 0.717) is 5.92 Å². The minimum Gasteiger partial charge on any atom is -0.456 e. The van der Waals surface area contributed by atoms with E-state index in [2.05, 4.69) is 41.9 Å². The van der Waals surface area contributed by atoms with Crippen LogP contribution in [0.2, 0.25) is 0 Å². The van der Waals surface area contributed by atoms with Crippen molar-refractivity contribution in [1.82, 2.24) is 0 Å². The first-order valence-corrected chi connectivity index (χ1v) is 7.52. The van der Waals surface area contributed by atoms with E-state index in [4.69, 9.17) is 4.74 Å². The van der Waals surface area contributed by atoms with Crippen molar-refractivity contribution in [1.29, 1.82) is 0 Å². The predicted molar refractivity (Wildman–Crippen MR) is 85.4 cm³/mol. The van der Waals surface area contributed by atoms with Crippen LogP contribution in [0.4, 0.5) is 0 Å². The molecule has 0 fully saturated rings. The third kappa shape index (κ3) is 3.62. The molecule has 0 saturated heterocycles. The highest BCUT2D eigenvalue weighted by molar-refractivity contribution is 9.10. The van der Waals surface area contributed by atoms with Gasteiger partial charge in [-0.3, -0.25) is 0 Å². The molecule has 0 amide bonds. The monoisotopic (exact) mass is 334 g/mol. The maximum atomic E-state index is 9.56. The van der Waals surface area contributed by atoms with Gasteiger partial charge >= 0.3 is 0 Å². The van der Waals surface area contributed by atoms with Gasteiger partial charge in [0.1, 0.15) is 11.5 Å². The van der Waals surface area contributed by atoms with Crippen molar-refractivity contribution < 1.29 is 9.84 Å². The van der Waals surface area contributed by atoms with Crippen LogP contribution < -0.4 is 4.74 Å². The largest absolute Gasteiger partial charge is 0.456 e. The Morgan fingerprint density at radius 3 is 2.35 bits per heavy atom. The molecule has 106 valence electrons. The van der Waals surface area contributed by atoms with Gasteiger partial charge in [-0.1, -0.05) is 32.0 Å². The summed E-state index contributed by atoms with van der Waals surface area (Å²) in [6.45, 7) is 6.06. The smallest absolute Gasteiger partial charge is 0.141 e. The lowest BCUT2D eigenvalue weighted by Crippen LogP contribution is -1.93. The van der Waals surface area contributed by atoms with Crippen LogP contribution in [0.15, 0.2) is 46.9 Å². The average Bonchev–Trinajstić information content (AvgIpc) is 2.41. The second-order valence-corrected chi connectivity index (χ2v) is 6.05. The lowest BCUT2D eigenvalue weighted by atomic mass is 10.0. The zero-order valence-electron chi connectivity index (χ0n) is 11.9.